The second kappa shape index (κ2) is 6.29. The van der Waals surface area contributed by atoms with Crippen molar-refractivity contribution in [1.29, 1.82) is 0 Å². The molecule has 0 aromatic heterocycles. The molecule has 3 atom stereocenters. The van der Waals surface area contributed by atoms with E-state index in [4.69, 9.17) is 9.47 Å². The van der Waals surface area contributed by atoms with E-state index < -0.39 is 0 Å². The van der Waals surface area contributed by atoms with Crippen LogP contribution < -0.4 is 14.8 Å². The van der Waals surface area contributed by atoms with Gasteiger partial charge in [-0.15, -0.1) is 0 Å². The first-order valence-corrected chi connectivity index (χ1v) is 7.12. The smallest absolute Gasteiger partial charge is 0.127 e. The molecule has 0 aliphatic heterocycles. The van der Waals surface area contributed by atoms with Crippen LogP contribution in [-0.2, 0) is 0 Å². The van der Waals surface area contributed by atoms with Gasteiger partial charge in [-0.3, -0.25) is 0 Å². The first-order chi connectivity index (χ1) is 9.13. The van der Waals surface area contributed by atoms with Crippen molar-refractivity contribution in [3.05, 3.63) is 23.8 Å². The zero-order chi connectivity index (χ0) is 13.8. The Hall–Kier alpha value is -1.22. The monoisotopic (exact) mass is 263 g/mol. The Kier molecular flexibility index (Phi) is 4.70. The van der Waals surface area contributed by atoms with Gasteiger partial charge in [0.15, 0.2) is 0 Å². The van der Waals surface area contributed by atoms with Crippen LogP contribution in [-0.4, -0.2) is 20.3 Å². The Morgan fingerprint density at radius 2 is 2.00 bits per heavy atom. The van der Waals surface area contributed by atoms with Crippen molar-refractivity contribution < 1.29 is 9.47 Å². The Morgan fingerprint density at radius 1 is 1.21 bits per heavy atom. The molecule has 3 unspecified atom stereocenters. The average molecular weight is 263 g/mol. The van der Waals surface area contributed by atoms with E-state index in [-0.39, 0.29) is 0 Å². The van der Waals surface area contributed by atoms with E-state index in [0.29, 0.717) is 12.1 Å². The fraction of sp³-hybridized carbons (Fsp3) is 0.625. The fourth-order valence-electron chi connectivity index (χ4n) is 2.98. The summed E-state index contributed by atoms with van der Waals surface area (Å²) in [7, 11) is 3.39. The van der Waals surface area contributed by atoms with Gasteiger partial charge in [-0.1, -0.05) is 13.0 Å². The lowest BCUT2D eigenvalue weighted by Gasteiger charge is -2.22. The summed E-state index contributed by atoms with van der Waals surface area (Å²) in [5, 5.41) is 3.72. The van der Waals surface area contributed by atoms with Crippen molar-refractivity contribution in [2.45, 2.75) is 45.2 Å². The third-order valence-electron chi connectivity index (χ3n) is 4.09. The number of benzene rings is 1. The van der Waals surface area contributed by atoms with Gasteiger partial charge in [-0.2, -0.15) is 0 Å². The minimum absolute atomic E-state index is 0.302. The van der Waals surface area contributed by atoms with Gasteiger partial charge in [0.25, 0.3) is 0 Å². The van der Waals surface area contributed by atoms with Crippen molar-refractivity contribution in [2.24, 2.45) is 5.92 Å². The molecule has 106 valence electrons. The maximum atomic E-state index is 5.47. The van der Waals surface area contributed by atoms with E-state index in [2.05, 4.69) is 25.2 Å². The fourth-order valence-corrected chi connectivity index (χ4v) is 2.98. The lowest BCUT2D eigenvalue weighted by atomic mass is 10.0. The Labute approximate surface area is 116 Å². The summed E-state index contributed by atoms with van der Waals surface area (Å²) in [5.41, 5.74) is 1.20. The summed E-state index contributed by atoms with van der Waals surface area (Å²) >= 11 is 0. The molecular formula is C16H25NO2. The molecule has 1 N–H and O–H groups in total. The van der Waals surface area contributed by atoms with Gasteiger partial charge in [-0.05, 0) is 38.2 Å². The predicted molar refractivity (Wildman–Crippen MR) is 77.9 cm³/mol. The largest absolute Gasteiger partial charge is 0.497 e. The number of hydrogen-bond acceptors (Lipinski definition) is 3. The van der Waals surface area contributed by atoms with Crippen molar-refractivity contribution in [1.82, 2.24) is 5.32 Å². The summed E-state index contributed by atoms with van der Waals surface area (Å²) in [4.78, 5) is 0. The molecule has 0 amide bonds. The van der Waals surface area contributed by atoms with E-state index in [0.717, 1.165) is 17.4 Å². The van der Waals surface area contributed by atoms with Crippen LogP contribution in [0.1, 0.15) is 44.7 Å². The van der Waals surface area contributed by atoms with Crippen LogP contribution in [0, 0.1) is 5.92 Å². The molecule has 2 rings (SSSR count). The molecule has 0 radical (unpaired) electrons. The quantitative estimate of drug-likeness (QED) is 0.881. The molecule has 1 aromatic rings. The number of nitrogens with one attached hydrogen (secondary N) is 1. The van der Waals surface area contributed by atoms with Gasteiger partial charge in [0.1, 0.15) is 11.5 Å². The molecule has 1 aliphatic rings. The topological polar surface area (TPSA) is 30.5 Å². The maximum absolute atomic E-state index is 5.47. The first-order valence-electron chi connectivity index (χ1n) is 7.12. The SMILES string of the molecule is COc1ccc(C(C)NC2CCC(C)C2)c(OC)c1. The normalized spacial score (nSPS) is 24.2. The Morgan fingerprint density at radius 3 is 2.58 bits per heavy atom. The predicted octanol–water partition coefficient (Wildman–Crippen LogP) is 3.54. The van der Waals surface area contributed by atoms with Crippen LogP contribution in [0.5, 0.6) is 11.5 Å². The summed E-state index contributed by atoms with van der Waals surface area (Å²) in [6.45, 7) is 4.54. The molecule has 1 saturated carbocycles. The second-order valence-corrected chi connectivity index (χ2v) is 5.61. The third kappa shape index (κ3) is 3.41. The molecule has 0 saturated heterocycles. The van der Waals surface area contributed by atoms with E-state index in [1.54, 1.807) is 14.2 Å². The van der Waals surface area contributed by atoms with Crippen LogP contribution in [0.3, 0.4) is 0 Å². The highest BCUT2D eigenvalue weighted by atomic mass is 16.5. The van der Waals surface area contributed by atoms with Crippen molar-refractivity contribution in [2.75, 3.05) is 14.2 Å². The van der Waals surface area contributed by atoms with Gasteiger partial charge >= 0.3 is 0 Å². The van der Waals surface area contributed by atoms with Gasteiger partial charge in [0, 0.05) is 23.7 Å². The molecule has 0 heterocycles. The van der Waals surface area contributed by atoms with Crippen LogP contribution in [0.15, 0.2) is 18.2 Å². The lowest BCUT2D eigenvalue weighted by molar-refractivity contribution is 0.379. The second-order valence-electron chi connectivity index (χ2n) is 5.61. The number of methoxy groups -OCH3 is 2. The Bertz CT molecular complexity index is 419. The number of rotatable bonds is 5. The van der Waals surface area contributed by atoms with Crippen molar-refractivity contribution in [3.63, 3.8) is 0 Å². The highest BCUT2D eigenvalue weighted by Crippen LogP contribution is 2.32. The summed E-state index contributed by atoms with van der Waals surface area (Å²) in [6, 6.07) is 6.97. The number of hydrogen-bond donors (Lipinski definition) is 1. The minimum Gasteiger partial charge on any atom is -0.497 e. The molecule has 0 bridgehead atoms. The first kappa shape index (κ1) is 14.2. The highest BCUT2D eigenvalue weighted by molar-refractivity contribution is 5.42. The Balaban J connectivity index is 2.07. The van der Waals surface area contributed by atoms with Crippen molar-refractivity contribution >= 4 is 0 Å². The van der Waals surface area contributed by atoms with E-state index >= 15 is 0 Å². The van der Waals surface area contributed by atoms with Crippen LogP contribution in [0.25, 0.3) is 0 Å². The van der Waals surface area contributed by atoms with E-state index in [9.17, 15) is 0 Å². The third-order valence-corrected chi connectivity index (χ3v) is 4.09. The van der Waals surface area contributed by atoms with E-state index in [1.165, 1.54) is 24.8 Å². The zero-order valence-corrected chi connectivity index (χ0v) is 12.4. The summed E-state index contributed by atoms with van der Waals surface area (Å²) in [5.74, 6) is 2.58. The summed E-state index contributed by atoms with van der Waals surface area (Å²) < 4.78 is 10.7. The highest BCUT2D eigenvalue weighted by Gasteiger charge is 2.23. The molecule has 3 nitrogen and oxygen atoms in total. The molecule has 1 aromatic carbocycles. The standard InChI is InChI=1S/C16H25NO2/c1-11-5-6-13(9-11)17-12(2)15-8-7-14(18-3)10-16(15)19-4/h7-8,10-13,17H,5-6,9H2,1-4H3. The molecule has 0 spiro atoms. The van der Waals surface area contributed by atoms with Gasteiger partial charge in [0.05, 0.1) is 14.2 Å². The zero-order valence-electron chi connectivity index (χ0n) is 12.4. The molecule has 1 fully saturated rings. The van der Waals surface area contributed by atoms with E-state index in [1.807, 2.05) is 12.1 Å². The average Bonchev–Trinajstić information content (AvgIpc) is 2.83. The van der Waals surface area contributed by atoms with Crippen LogP contribution in [0.2, 0.25) is 0 Å². The van der Waals surface area contributed by atoms with Gasteiger partial charge < -0.3 is 14.8 Å². The molecular weight excluding hydrogens is 238 g/mol. The maximum Gasteiger partial charge on any atom is 0.127 e. The van der Waals surface area contributed by atoms with Crippen LogP contribution in [0.4, 0.5) is 0 Å². The number of ether oxygens (including phenoxy) is 2. The van der Waals surface area contributed by atoms with Crippen LogP contribution >= 0.6 is 0 Å². The lowest BCUT2D eigenvalue weighted by Crippen LogP contribution is -2.29. The minimum atomic E-state index is 0.302. The van der Waals surface area contributed by atoms with Gasteiger partial charge in [-0.25, -0.2) is 0 Å². The molecule has 19 heavy (non-hydrogen) atoms. The molecule has 3 heteroatoms. The van der Waals surface area contributed by atoms with Gasteiger partial charge in [0.2, 0.25) is 0 Å². The molecule has 1 aliphatic carbocycles. The summed E-state index contributed by atoms with van der Waals surface area (Å²) in [6.07, 6.45) is 3.90. The van der Waals surface area contributed by atoms with Crippen molar-refractivity contribution in [3.8, 4) is 11.5 Å².